The van der Waals surface area contributed by atoms with Crippen molar-refractivity contribution in [1.29, 1.82) is 0 Å². The van der Waals surface area contributed by atoms with Crippen molar-refractivity contribution in [3.8, 4) is 5.75 Å². The van der Waals surface area contributed by atoms with Gasteiger partial charge in [-0.15, -0.1) is 12.4 Å². The van der Waals surface area contributed by atoms with E-state index in [0.29, 0.717) is 30.3 Å². The largest absolute Gasteiger partial charge is 0.494 e. The minimum Gasteiger partial charge on any atom is -0.494 e. The van der Waals surface area contributed by atoms with Crippen LogP contribution in [0.3, 0.4) is 0 Å². The zero-order chi connectivity index (χ0) is 14.6. The minimum absolute atomic E-state index is 0. The van der Waals surface area contributed by atoms with Crippen molar-refractivity contribution >= 4 is 22.4 Å². The molecule has 0 saturated carbocycles. The van der Waals surface area contributed by atoms with Crippen LogP contribution in [-0.2, 0) is 10.0 Å². The highest BCUT2D eigenvalue weighted by atomic mass is 35.5. The molecule has 0 amide bonds. The van der Waals surface area contributed by atoms with Crippen molar-refractivity contribution < 1.29 is 13.2 Å². The highest BCUT2D eigenvalue weighted by Crippen LogP contribution is 2.22. The van der Waals surface area contributed by atoms with Gasteiger partial charge in [0.15, 0.2) is 0 Å². The molecule has 1 aromatic carbocycles. The second-order valence-corrected chi connectivity index (χ2v) is 7.02. The van der Waals surface area contributed by atoms with E-state index >= 15 is 0 Å². The number of halogens is 1. The molecular formula is C14H23ClN2O3S. The molecule has 1 aromatic rings. The monoisotopic (exact) mass is 334 g/mol. The van der Waals surface area contributed by atoms with Crippen LogP contribution in [0.5, 0.6) is 5.75 Å². The molecule has 0 radical (unpaired) electrons. The third-order valence-electron chi connectivity index (χ3n) is 3.35. The fraction of sp³-hybridized carbons (Fsp3) is 0.571. The summed E-state index contributed by atoms with van der Waals surface area (Å²) in [6, 6.07) is 6.53. The van der Waals surface area contributed by atoms with E-state index in [0.717, 1.165) is 19.3 Å². The van der Waals surface area contributed by atoms with Crippen LogP contribution in [-0.4, -0.2) is 38.5 Å². The smallest absolute Gasteiger partial charge is 0.243 e. The average molecular weight is 335 g/mol. The van der Waals surface area contributed by atoms with E-state index in [2.05, 4.69) is 0 Å². The summed E-state index contributed by atoms with van der Waals surface area (Å²) >= 11 is 0. The number of nitrogens with two attached hydrogens (primary N) is 1. The zero-order valence-electron chi connectivity index (χ0n) is 12.2. The molecule has 120 valence electrons. The molecule has 21 heavy (non-hydrogen) atoms. The molecule has 1 fully saturated rings. The number of hydrogen-bond acceptors (Lipinski definition) is 4. The van der Waals surface area contributed by atoms with E-state index in [-0.39, 0.29) is 18.4 Å². The first-order valence-electron chi connectivity index (χ1n) is 7.02. The Morgan fingerprint density at radius 1 is 1.33 bits per heavy atom. The molecule has 1 saturated heterocycles. The first kappa shape index (κ1) is 18.2. The molecule has 0 bridgehead atoms. The van der Waals surface area contributed by atoms with Gasteiger partial charge >= 0.3 is 0 Å². The van der Waals surface area contributed by atoms with E-state index in [1.165, 1.54) is 4.31 Å². The third kappa shape index (κ3) is 4.57. The van der Waals surface area contributed by atoms with Gasteiger partial charge in [0.25, 0.3) is 0 Å². The van der Waals surface area contributed by atoms with Gasteiger partial charge in [0.05, 0.1) is 11.5 Å². The van der Waals surface area contributed by atoms with Crippen LogP contribution in [0.4, 0.5) is 0 Å². The Morgan fingerprint density at radius 3 is 2.57 bits per heavy atom. The molecule has 0 aromatic heterocycles. The fourth-order valence-corrected chi connectivity index (χ4v) is 3.80. The zero-order valence-corrected chi connectivity index (χ0v) is 13.8. The average Bonchev–Trinajstić information content (AvgIpc) is 2.45. The molecule has 0 unspecified atom stereocenters. The van der Waals surface area contributed by atoms with Gasteiger partial charge in [-0.05, 0) is 43.5 Å². The van der Waals surface area contributed by atoms with E-state index in [9.17, 15) is 8.42 Å². The van der Waals surface area contributed by atoms with Gasteiger partial charge < -0.3 is 10.5 Å². The van der Waals surface area contributed by atoms with E-state index in [1.807, 2.05) is 6.92 Å². The Labute approximate surface area is 132 Å². The number of sulfonamides is 1. The second-order valence-electron chi connectivity index (χ2n) is 5.09. The second kappa shape index (κ2) is 7.98. The molecule has 2 rings (SSSR count). The summed E-state index contributed by atoms with van der Waals surface area (Å²) in [5.74, 6) is 0.696. The van der Waals surface area contributed by atoms with Crippen LogP contribution >= 0.6 is 12.4 Å². The van der Waals surface area contributed by atoms with Crippen molar-refractivity contribution in [2.45, 2.75) is 37.1 Å². The van der Waals surface area contributed by atoms with Crippen LogP contribution in [0.1, 0.15) is 26.2 Å². The summed E-state index contributed by atoms with van der Waals surface area (Å²) in [4.78, 5) is 0.301. The van der Waals surface area contributed by atoms with E-state index in [4.69, 9.17) is 10.5 Å². The Bertz CT molecular complexity index is 534. The minimum atomic E-state index is -3.43. The maximum atomic E-state index is 12.5. The van der Waals surface area contributed by atoms with Crippen LogP contribution < -0.4 is 10.5 Å². The molecule has 1 aliphatic heterocycles. The number of nitrogens with zero attached hydrogens (tertiary/aromatic N) is 1. The van der Waals surface area contributed by atoms with Crippen molar-refractivity contribution in [2.24, 2.45) is 5.73 Å². The lowest BCUT2D eigenvalue weighted by Crippen LogP contribution is -2.45. The van der Waals surface area contributed by atoms with Gasteiger partial charge in [0.2, 0.25) is 10.0 Å². The van der Waals surface area contributed by atoms with Crippen molar-refractivity contribution in [3.63, 3.8) is 0 Å². The Kier molecular flexibility index (Phi) is 6.93. The summed E-state index contributed by atoms with van der Waals surface area (Å²) in [6.45, 7) is 3.60. The van der Waals surface area contributed by atoms with Crippen LogP contribution in [0.2, 0.25) is 0 Å². The Balaban J connectivity index is 0.00000220. The summed E-state index contributed by atoms with van der Waals surface area (Å²) in [5.41, 5.74) is 5.85. The number of benzene rings is 1. The highest BCUT2D eigenvalue weighted by molar-refractivity contribution is 7.89. The van der Waals surface area contributed by atoms with E-state index < -0.39 is 10.0 Å². The first-order chi connectivity index (χ1) is 9.54. The lowest BCUT2D eigenvalue weighted by Gasteiger charge is -2.29. The van der Waals surface area contributed by atoms with Gasteiger partial charge in [-0.3, -0.25) is 0 Å². The van der Waals surface area contributed by atoms with Gasteiger partial charge in [-0.2, -0.15) is 4.31 Å². The van der Waals surface area contributed by atoms with Crippen LogP contribution in [0.15, 0.2) is 29.2 Å². The fourth-order valence-electron chi connectivity index (χ4n) is 2.27. The van der Waals surface area contributed by atoms with Gasteiger partial charge in [0, 0.05) is 19.1 Å². The molecule has 1 heterocycles. The summed E-state index contributed by atoms with van der Waals surface area (Å²) in [5, 5.41) is 0. The lowest BCUT2D eigenvalue weighted by atomic mass is 10.1. The van der Waals surface area contributed by atoms with Crippen molar-refractivity contribution in [3.05, 3.63) is 24.3 Å². The summed E-state index contributed by atoms with van der Waals surface area (Å²) < 4.78 is 31.9. The van der Waals surface area contributed by atoms with Crippen LogP contribution in [0.25, 0.3) is 0 Å². The quantitative estimate of drug-likeness (QED) is 0.894. The summed E-state index contributed by atoms with van der Waals surface area (Å²) in [7, 11) is -3.43. The van der Waals surface area contributed by atoms with Crippen LogP contribution in [0, 0.1) is 0 Å². The Morgan fingerprint density at radius 2 is 2.00 bits per heavy atom. The van der Waals surface area contributed by atoms with Gasteiger partial charge in [-0.1, -0.05) is 6.92 Å². The molecule has 1 atom stereocenters. The maximum Gasteiger partial charge on any atom is 0.243 e. The number of hydrogen-bond donors (Lipinski definition) is 1. The normalized spacial score (nSPS) is 19.8. The number of piperidine rings is 1. The topological polar surface area (TPSA) is 72.6 Å². The number of rotatable bonds is 5. The predicted molar refractivity (Wildman–Crippen MR) is 85.4 cm³/mol. The number of ether oxygens (including phenoxy) is 1. The van der Waals surface area contributed by atoms with Crippen molar-refractivity contribution in [1.82, 2.24) is 4.31 Å². The molecule has 5 nitrogen and oxygen atoms in total. The van der Waals surface area contributed by atoms with Crippen molar-refractivity contribution in [2.75, 3.05) is 19.7 Å². The molecule has 0 spiro atoms. The van der Waals surface area contributed by atoms with Gasteiger partial charge in [0.1, 0.15) is 5.75 Å². The standard InChI is InChI=1S/C14H22N2O3S.ClH/c1-2-10-19-13-5-7-14(8-6-13)20(17,18)16-9-3-4-12(15)11-16;/h5-8,12H,2-4,9-11,15H2,1H3;1H/t12-;/m1./s1. The summed E-state index contributed by atoms with van der Waals surface area (Å²) in [6.07, 6.45) is 2.62. The third-order valence-corrected chi connectivity index (χ3v) is 5.23. The first-order valence-corrected chi connectivity index (χ1v) is 8.46. The molecular weight excluding hydrogens is 312 g/mol. The predicted octanol–water partition coefficient (Wildman–Crippen LogP) is 2.01. The highest BCUT2D eigenvalue weighted by Gasteiger charge is 2.28. The maximum absolute atomic E-state index is 12.5. The molecule has 0 aliphatic carbocycles. The molecule has 7 heteroatoms. The SMILES string of the molecule is CCCOc1ccc(S(=O)(=O)N2CCC[C@@H](N)C2)cc1.Cl. The Hall–Kier alpha value is -0.820. The molecule has 2 N–H and O–H groups in total. The van der Waals surface area contributed by atoms with Gasteiger partial charge in [-0.25, -0.2) is 8.42 Å². The van der Waals surface area contributed by atoms with E-state index in [1.54, 1.807) is 24.3 Å². The lowest BCUT2D eigenvalue weighted by molar-refractivity contribution is 0.314. The molecule has 1 aliphatic rings.